The Bertz CT molecular complexity index is 1420. The zero-order valence-corrected chi connectivity index (χ0v) is 21.5. The lowest BCUT2D eigenvalue weighted by atomic mass is 9.93. The second-order valence-electron chi connectivity index (χ2n) is 9.52. The van der Waals surface area contributed by atoms with Crippen molar-refractivity contribution in [2.75, 3.05) is 31.6 Å². The summed E-state index contributed by atoms with van der Waals surface area (Å²) in [6.07, 6.45) is 0. The van der Waals surface area contributed by atoms with Gasteiger partial charge in [-0.2, -0.15) is 5.10 Å². The number of thiophene rings is 1. The summed E-state index contributed by atoms with van der Waals surface area (Å²) in [5, 5.41) is 13.4. The number of rotatable bonds is 7. The van der Waals surface area contributed by atoms with Gasteiger partial charge < -0.3 is 15.4 Å². The van der Waals surface area contributed by atoms with Gasteiger partial charge in [0.15, 0.2) is 5.82 Å². The lowest BCUT2D eigenvalue weighted by molar-refractivity contribution is 0.0342. The smallest absolute Gasteiger partial charge is 0.262 e. The molecule has 2 amide bonds. The number of nitrogens with one attached hydrogen (secondary N) is 3. The summed E-state index contributed by atoms with van der Waals surface area (Å²) >= 11 is 1.22. The summed E-state index contributed by atoms with van der Waals surface area (Å²) in [5.74, 6) is -0.657. The van der Waals surface area contributed by atoms with Crippen LogP contribution in [0.1, 0.15) is 45.0 Å². The average molecular weight is 522 g/mol. The number of halogens is 1. The molecule has 10 heteroatoms. The van der Waals surface area contributed by atoms with E-state index in [-0.39, 0.29) is 17.6 Å². The van der Waals surface area contributed by atoms with Crippen molar-refractivity contribution in [1.82, 2.24) is 20.4 Å². The third kappa shape index (κ3) is 5.56. The predicted molar refractivity (Wildman–Crippen MR) is 141 cm³/mol. The average Bonchev–Trinajstić information content (AvgIpc) is 3.47. The molecule has 0 saturated carbocycles. The van der Waals surface area contributed by atoms with Crippen LogP contribution in [0.3, 0.4) is 0 Å². The number of carbonyl (C=O) groups is 2. The minimum absolute atomic E-state index is 0.288. The lowest BCUT2D eigenvalue weighted by Gasteiger charge is -2.27. The molecular formula is C27H28FN5O3S. The van der Waals surface area contributed by atoms with Crippen molar-refractivity contribution in [3.05, 3.63) is 82.0 Å². The topological polar surface area (TPSA) is 99.3 Å². The van der Waals surface area contributed by atoms with E-state index in [0.29, 0.717) is 32.0 Å². The number of nitrogens with zero attached hydrogens (tertiary/aromatic N) is 2. The monoisotopic (exact) mass is 521 g/mol. The Hall–Kier alpha value is -3.60. The molecule has 8 nitrogen and oxygen atoms in total. The van der Waals surface area contributed by atoms with Gasteiger partial charge in [-0.15, -0.1) is 11.3 Å². The number of H-pyrrole nitrogens is 1. The quantitative estimate of drug-likeness (QED) is 0.332. The fraction of sp³-hybridized carbons (Fsp3) is 0.296. The molecule has 3 heterocycles. The van der Waals surface area contributed by atoms with Crippen LogP contribution in [0.15, 0.2) is 54.6 Å². The Morgan fingerprint density at radius 3 is 2.57 bits per heavy atom. The summed E-state index contributed by atoms with van der Waals surface area (Å²) in [6.45, 7) is 7.61. The van der Waals surface area contributed by atoms with E-state index in [1.807, 2.05) is 12.1 Å². The van der Waals surface area contributed by atoms with E-state index in [1.165, 1.54) is 17.4 Å². The van der Waals surface area contributed by atoms with Crippen LogP contribution in [0.5, 0.6) is 0 Å². The highest BCUT2D eigenvalue weighted by Crippen LogP contribution is 2.31. The second-order valence-corrected chi connectivity index (χ2v) is 10.6. The van der Waals surface area contributed by atoms with Crippen molar-refractivity contribution in [2.24, 2.45) is 0 Å². The zero-order chi connectivity index (χ0) is 26.0. The predicted octanol–water partition coefficient (Wildman–Crippen LogP) is 4.51. The highest BCUT2D eigenvalue weighted by atomic mass is 32.1. The van der Waals surface area contributed by atoms with Crippen LogP contribution in [-0.2, 0) is 16.8 Å². The van der Waals surface area contributed by atoms with Gasteiger partial charge in [0.25, 0.3) is 11.8 Å². The normalized spacial score (nSPS) is 14.6. The van der Waals surface area contributed by atoms with Crippen LogP contribution in [0.2, 0.25) is 0 Å². The molecule has 0 atom stereocenters. The summed E-state index contributed by atoms with van der Waals surface area (Å²) in [6, 6.07) is 15.6. The first kappa shape index (κ1) is 25.1. The van der Waals surface area contributed by atoms with Crippen molar-refractivity contribution in [3.63, 3.8) is 0 Å². The minimum Gasteiger partial charge on any atom is -0.379 e. The largest absolute Gasteiger partial charge is 0.379 e. The number of ether oxygens (including phenoxy) is 1. The SMILES string of the molecule is CC(C)(NC(=O)c1cc2c(NC(=O)c3ccc(CN4CCOCC4)cc3)n[nH]c2s1)c1ccccc1F. The number of morpholine rings is 1. The molecule has 2 aromatic carbocycles. The van der Waals surface area contributed by atoms with Crippen LogP contribution in [0.25, 0.3) is 10.2 Å². The molecule has 0 bridgehead atoms. The number of hydrogen-bond donors (Lipinski definition) is 3. The maximum Gasteiger partial charge on any atom is 0.262 e. The fourth-order valence-corrected chi connectivity index (χ4v) is 5.26. The number of anilines is 1. The van der Waals surface area contributed by atoms with Gasteiger partial charge in [0.1, 0.15) is 10.6 Å². The standard InChI is InChI=1S/C27H28FN5O3S/c1-27(2,20-5-3-4-6-21(20)28)30-25(35)22-15-19-23(31-32-26(19)37-22)29-24(34)18-9-7-17(8-10-18)16-33-11-13-36-14-12-33/h3-10,15H,11-14,16H2,1-2H3,(H,30,35)(H2,29,31,32,34). The van der Waals surface area contributed by atoms with Gasteiger partial charge in [-0.1, -0.05) is 30.3 Å². The maximum atomic E-state index is 14.3. The Morgan fingerprint density at radius 2 is 1.84 bits per heavy atom. The summed E-state index contributed by atoms with van der Waals surface area (Å²) in [5.41, 5.74) is 1.13. The van der Waals surface area contributed by atoms with E-state index >= 15 is 0 Å². The minimum atomic E-state index is -0.913. The van der Waals surface area contributed by atoms with Gasteiger partial charge in [0.2, 0.25) is 0 Å². The van der Waals surface area contributed by atoms with Crippen molar-refractivity contribution in [2.45, 2.75) is 25.9 Å². The van der Waals surface area contributed by atoms with Crippen molar-refractivity contribution < 1.29 is 18.7 Å². The van der Waals surface area contributed by atoms with E-state index in [2.05, 4.69) is 25.7 Å². The summed E-state index contributed by atoms with van der Waals surface area (Å²) in [4.78, 5) is 29.3. The maximum absolute atomic E-state index is 14.3. The molecule has 1 aliphatic heterocycles. The van der Waals surface area contributed by atoms with Gasteiger partial charge in [0, 0.05) is 30.8 Å². The molecule has 2 aromatic heterocycles. The molecule has 0 unspecified atom stereocenters. The van der Waals surface area contributed by atoms with Gasteiger partial charge in [0.05, 0.1) is 29.0 Å². The molecule has 0 radical (unpaired) electrons. The van der Waals surface area contributed by atoms with Gasteiger partial charge in [-0.05, 0) is 43.7 Å². The first-order valence-electron chi connectivity index (χ1n) is 12.1. The number of benzene rings is 2. The molecule has 0 spiro atoms. The number of fused-ring (bicyclic) bond motifs is 1. The molecule has 4 aromatic rings. The Labute approximate surface area is 217 Å². The molecule has 37 heavy (non-hydrogen) atoms. The molecule has 1 saturated heterocycles. The molecule has 5 rings (SSSR count). The van der Waals surface area contributed by atoms with Crippen molar-refractivity contribution >= 4 is 39.2 Å². The molecule has 1 aliphatic rings. The van der Waals surface area contributed by atoms with Gasteiger partial charge >= 0.3 is 0 Å². The van der Waals surface area contributed by atoms with E-state index in [1.54, 1.807) is 50.2 Å². The van der Waals surface area contributed by atoms with Crippen LogP contribution in [0, 0.1) is 5.82 Å². The van der Waals surface area contributed by atoms with Crippen LogP contribution >= 0.6 is 11.3 Å². The van der Waals surface area contributed by atoms with E-state index in [0.717, 1.165) is 38.4 Å². The highest BCUT2D eigenvalue weighted by molar-refractivity contribution is 7.20. The van der Waals surface area contributed by atoms with Crippen LogP contribution < -0.4 is 10.6 Å². The molecule has 1 fully saturated rings. The van der Waals surface area contributed by atoms with Crippen LogP contribution in [0.4, 0.5) is 10.2 Å². The number of aromatic amines is 1. The molecule has 0 aliphatic carbocycles. The number of aromatic nitrogens is 2. The zero-order valence-electron chi connectivity index (χ0n) is 20.6. The third-order valence-electron chi connectivity index (χ3n) is 6.41. The van der Waals surface area contributed by atoms with Gasteiger partial charge in [-0.25, -0.2) is 4.39 Å². The number of amides is 2. The van der Waals surface area contributed by atoms with Crippen molar-refractivity contribution in [1.29, 1.82) is 0 Å². The van der Waals surface area contributed by atoms with Crippen LogP contribution in [-0.4, -0.2) is 53.2 Å². The van der Waals surface area contributed by atoms with E-state index < -0.39 is 5.54 Å². The number of carbonyl (C=O) groups excluding carboxylic acids is 2. The van der Waals surface area contributed by atoms with E-state index in [9.17, 15) is 14.0 Å². The Morgan fingerprint density at radius 1 is 1.11 bits per heavy atom. The molecular weight excluding hydrogens is 493 g/mol. The first-order chi connectivity index (χ1) is 17.8. The second kappa shape index (κ2) is 10.4. The molecule has 3 N–H and O–H groups in total. The summed E-state index contributed by atoms with van der Waals surface area (Å²) < 4.78 is 19.7. The first-order valence-corrected chi connectivity index (χ1v) is 12.9. The van der Waals surface area contributed by atoms with Gasteiger partial charge in [-0.3, -0.25) is 19.6 Å². The number of hydrogen-bond acceptors (Lipinski definition) is 6. The Kier molecular flexibility index (Phi) is 7.05. The third-order valence-corrected chi connectivity index (χ3v) is 7.45. The highest BCUT2D eigenvalue weighted by Gasteiger charge is 2.27. The van der Waals surface area contributed by atoms with Crippen molar-refractivity contribution in [3.8, 4) is 0 Å². The Balaban J connectivity index is 1.26. The van der Waals surface area contributed by atoms with E-state index in [4.69, 9.17) is 4.74 Å². The fourth-order valence-electron chi connectivity index (χ4n) is 4.36. The lowest BCUT2D eigenvalue weighted by Crippen LogP contribution is -2.41. The molecule has 192 valence electrons. The summed E-state index contributed by atoms with van der Waals surface area (Å²) in [7, 11) is 0.